The van der Waals surface area contributed by atoms with Gasteiger partial charge in [0.1, 0.15) is 11.5 Å². The first-order chi connectivity index (χ1) is 17.5. The second kappa shape index (κ2) is 7.39. The number of carbonyl (C=O) groups excluding carboxylic acids is 1. The zero-order chi connectivity index (χ0) is 26.4. The van der Waals surface area contributed by atoms with Crippen molar-refractivity contribution in [2.45, 2.75) is 24.0 Å². The van der Waals surface area contributed by atoms with Crippen LogP contribution in [-0.4, -0.2) is 60.4 Å². The lowest BCUT2D eigenvalue weighted by atomic mass is 10.0. The number of ether oxygens (including phenoxy) is 1. The molecule has 7 rings (SSSR count). The molecule has 6 heterocycles. The van der Waals surface area contributed by atoms with Crippen LogP contribution in [0.15, 0.2) is 43.1 Å². The number of alkyl halides is 3. The maximum absolute atomic E-state index is 15.1. The first kappa shape index (κ1) is 23.6. The Morgan fingerprint density at radius 1 is 1.22 bits per heavy atom. The van der Waals surface area contributed by atoms with Crippen molar-refractivity contribution in [3.63, 3.8) is 0 Å². The standard InChI is InChI=1S/C19H11F4N6O7P/c1-2-28-26-14(25-27-28)13-6-3-9(8-24-13)11-5-4-10(7-12(11)20)29-16(31)33-18(17(22,23)15(21)30)19(29)35-37(32,34-18)36-19/h2-8,15,30H,1H2/t15-,18-,19?,37?/m0/s1. The van der Waals surface area contributed by atoms with E-state index in [9.17, 15) is 22.5 Å². The van der Waals surface area contributed by atoms with Crippen LogP contribution in [0.1, 0.15) is 0 Å². The van der Waals surface area contributed by atoms with Crippen LogP contribution in [0, 0.1) is 5.82 Å². The number of benzene rings is 1. The smallest absolute Gasteiger partial charge is 0.401 e. The average molecular weight is 542 g/mol. The summed E-state index contributed by atoms with van der Waals surface area (Å²) in [5.74, 6) is -12.6. The van der Waals surface area contributed by atoms with E-state index in [1.54, 1.807) is 0 Å². The topological polar surface area (TPSA) is 151 Å². The van der Waals surface area contributed by atoms with Crippen molar-refractivity contribution in [3.05, 3.63) is 48.9 Å². The van der Waals surface area contributed by atoms with Crippen LogP contribution in [0.3, 0.4) is 0 Å². The van der Waals surface area contributed by atoms with Crippen LogP contribution in [0.5, 0.6) is 0 Å². The van der Waals surface area contributed by atoms with Crippen LogP contribution >= 0.6 is 7.82 Å². The molecule has 4 fully saturated rings. The second-order valence-corrected chi connectivity index (χ2v) is 9.24. The van der Waals surface area contributed by atoms with E-state index in [-0.39, 0.29) is 21.9 Å². The Hall–Kier alpha value is -3.76. The quantitative estimate of drug-likeness (QED) is 0.362. The third-order valence-corrected chi connectivity index (χ3v) is 7.10. The molecule has 4 aliphatic heterocycles. The zero-order valence-corrected chi connectivity index (χ0v) is 18.8. The first-order valence-corrected chi connectivity index (χ1v) is 11.6. The summed E-state index contributed by atoms with van der Waals surface area (Å²) < 4.78 is 88.6. The van der Waals surface area contributed by atoms with E-state index in [0.29, 0.717) is 5.69 Å². The molecule has 3 aromatic rings. The number of amides is 1. The van der Waals surface area contributed by atoms with Crippen molar-refractivity contribution in [3.8, 4) is 22.6 Å². The Labute approximate surface area is 202 Å². The van der Waals surface area contributed by atoms with Gasteiger partial charge in [-0.05, 0) is 29.5 Å². The highest BCUT2D eigenvalue weighted by molar-refractivity contribution is 7.50. The van der Waals surface area contributed by atoms with Crippen molar-refractivity contribution < 1.29 is 50.3 Å². The minimum absolute atomic E-state index is 0.0184. The van der Waals surface area contributed by atoms with Gasteiger partial charge in [-0.1, -0.05) is 12.6 Å². The van der Waals surface area contributed by atoms with Gasteiger partial charge >= 0.3 is 31.5 Å². The van der Waals surface area contributed by atoms with Gasteiger partial charge in [-0.2, -0.15) is 8.78 Å². The van der Waals surface area contributed by atoms with Crippen molar-refractivity contribution in [2.24, 2.45) is 0 Å². The van der Waals surface area contributed by atoms with Gasteiger partial charge in [-0.25, -0.2) is 36.6 Å². The van der Waals surface area contributed by atoms with Gasteiger partial charge in [0.05, 0.1) is 5.69 Å². The SMILES string of the molecule is C=Cn1nnc(-c2ccc(-c3ccc(N4C(=O)O[C@@]5(C(F)(F)[C@H](O)F)OP6(=O)OC45O6)cc3F)cn2)n1. The number of pyridine rings is 1. The van der Waals surface area contributed by atoms with E-state index < -0.39 is 49.4 Å². The summed E-state index contributed by atoms with van der Waals surface area (Å²) in [7, 11) is -4.67. The van der Waals surface area contributed by atoms with E-state index in [1.807, 2.05) is 0 Å². The minimum Gasteiger partial charge on any atom is -0.401 e. The van der Waals surface area contributed by atoms with Crippen LogP contribution in [0.2, 0.25) is 0 Å². The molecule has 13 nitrogen and oxygen atoms in total. The average Bonchev–Trinajstić information content (AvgIpc) is 3.53. The van der Waals surface area contributed by atoms with Crippen LogP contribution in [-0.2, 0) is 22.9 Å². The van der Waals surface area contributed by atoms with Crippen molar-refractivity contribution in [1.82, 2.24) is 25.2 Å². The van der Waals surface area contributed by atoms with E-state index in [4.69, 9.17) is 14.2 Å². The highest BCUT2D eigenvalue weighted by atomic mass is 31.2. The number of halogens is 4. The minimum atomic E-state index is -4.99. The van der Waals surface area contributed by atoms with Crippen LogP contribution < -0.4 is 4.90 Å². The lowest BCUT2D eigenvalue weighted by molar-refractivity contribution is -0.362. The maximum Gasteiger partial charge on any atom is 0.487 e. The van der Waals surface area contributed by atoms with Crippen LogP contribution in [0.25, 0.3) is 28.8 Å². The molecule has 18 heteroatoms. The molecule has 0 saturated carbocycles. The van der Waals surface area contributed by atoms with Gasteiger partial charge in [0.15, 0.2) is 0 Å². The lowest BCUT2D eigenvalue weighted by Crippen LogP contribution is -2.68. The van der Waals surface area contributed by atoms with Crippen molar-refractivity contribution in [1.29, 1.82) is 0 Å². The Balaban J connectivity index is 1.34. The Morgan fingerprint density at radius 2 is 1.97 bits per heavy atom. The predicted octanol–water partition coefficient (Wildman–Crippen LogP) is 3.06. The fourth-order valence-corrected chi connectivity index (χ4v) is 5.71. The van der Waals surface area contributed by atoms with Crippen molar-refractivity contribution in [2.75, 3.05) is 4.90 Å². The number of nitrogens with zero attached hydrogens (tertiary/aromatic N) is 6. The van der Waals surface area contributed by atoms with Gasteiger partial charge in [0.25, 0.3) is 6.36 Å². The third kappa shape index (κ3) is 2.99. The number of hydrogen-bond donors (Lipinski definition) is 1. The Morgan fingerprint density at radius 3 is 2.57 bits per heavy atom. The zero-order valence-electron chi connectivity index (χ0n) is 17.9. The molecule has 2 aromatic heterocycles. The highest BCUT2D eigenvalue weighted by Crippen LogP contribution is 2.82. The number of aliphatic hydroxyl groups excluding tert-OH is 1. The lowest BCUT2D eigenvalue weighted by Gasteiger charge is -2.40. The molecule has 4 saturated heterocycles. The first-order valence-electron chi connectivity index (χ1n) is 10.1. The number of aromatic nitrogens is 5. The summed E-state index contributed by atoms with van der Waals surface area (Å²) in [6.45, 7) is 3.50. The van der Waals surface area contributed by atoms with E-state index in [1.165, 1.54) is 30.6 Å². The van der Waals surface area contributed by atoms with E-state index in [2.05, 4.69) is 36.2 Å². The summed E-state index contributed by atoms with van der Waals surface area (Å²) in [6.07, 6.45) is -2.94. The van der Waals surface area contributed by atoms with Crippen LogP contribution in [0.4, 0.5) is 28.0 Å². The van der Waals surface area contributed by atoms with Gasteiger partial charge in [0.2, 0.25) is 5.82 Å². The number of phosphoric ester groups is 1. The molecular weight excluding hydrogens is 531 g/mol. The molecule has 1 amide bonds. The molecule has 1 N–H and O–H groups in total. The number of tetrazole rings is 1. The molecule has 37 heavy (non-hydrogen) atoms. The summed E-state index contributed by atoms with van der Waals surface area (Å²) in [5.41, 5.74) is 0.126. The second-order valence-electron chi connectivity index (χ2n) is 7.79. The summed E-state index contributed by atoms with van der Waals surface area (Å²) in [5, 5.41) is 20.5. The number of rotatable bonds is 6. The largest absolute Gasteiger partial charge is 0.487 e. The molecule has 4 aliphatic rings. The molecule has 0 radical (unpaired) electrons. The predicted molar refractivity (Wildman–Crippen MR) is 110 cm³/mol. The van der Waals surface area contributed by atoms with E-state index in [0.717, 1.165) is 16.9 Å². The molecular formula is C19H11F4N6O7P. The fraction of sp³-hybridized carbons (Fsp3) is 0.211. The normalized spacial score (nSPS) is 29.0. The number of anilines is 1. The molecule has 2 atom stereocenters. The monoisotopic (exact) mass is 542 g/mol. The number of carbonyl (C=O) groups is 1. The fourth-order valence-electron chi connectivity index (χ4n) is 4.02. The molecule has 192 valence electrons. The molecule has 0 aliphatic carbocycles. The molecule has 1 spiro atoms. The Bertz CT molecular complexity index is 1510. The highest BCUT2D eigenvalue weighted by Gasteiger charge is 2.97. The molecule has 1 aromatic carbocycles. The molecule has 0 unspecified atom stereocenters. The number of hydrogen-bond acceptors (Lipinski definition) is 11. The maximum atomic E-state index is 15.1. The number of phosphoric acid groups is 1. The summed E-state index contributed by atoms with van der Waals surface area (Å²) in [6, 6.07) is 6.00. The molecule has 2 bridgehead atoms. The van der Waals surface area contributed by atoms with E-state index >= 15 is 4.39 Å². The Kier molecular flexibility index (Phi) is 4.72. The summed E-state index contributed by atoms with van der Waals surface area (Å²) in [4.78, 5) is 18.1. The van der Waals surface area contributed by atoms with Gasteiger partial charge < -0.3 is 9.84 Å². The van der Waals surface area contributed by atoms with Gasteiger partial charge in [0, 0.05) is 23.5 Å². The van der Waals surface area contributed by atoms with Gasteiger partial charge in [-0.3, -0.25) is 4.98 Å². The van der Waals surface area contributed by atoms with Gasteiger partial charge in [-0.15, -0.1) is 15.0 Å². The van der Waals surface area contributed by atoms with Crippen molar-refractivity contribution >= 4 is 25.8 Å². The third-order valence-electron chi connectivity index (χ3n) is 5.68. The summed E-state index contributed by atoms with van der Waals surface area (Å²) >= 11 is 0. The number of aliphatic hydroxyl groups is 1.